The Morgan fingerprint density at radius 3 is 2.38 bits per heavy atom. The second-order valence-electron chi connectivity index (χ2n) is 7.73. The van der Waals surface area contributed by atoms with Crippen LogP contribution in [-0.2, 0) is 11.3 Å². The van der Waals surface area contributed by atoms with Crippen LogP contribution in [0, 0.1) is 19.8 Å². The molecule has 1 aromatic heterocycles. The number of thioether (sulfide) groups is 1. The molecule has 2 aromatic carbocycles. The third-order valence-electron chi connectivity index (χ3n) is 4.89. The van der Waals surface area contributed by atoms with Crippen molar-refractivity contribution in [3.63, 3.8) is 0 Å². The molecule has 0 aliphatic rings. The molecule has 3 rings (SSSR count). The number of anilines is 1. The van der Waals surface area contributed by atoms with E-state index in [2.05, 4.69) is 42.8 Å². The highest BCUT2D eigenvalue weighted by Crippen LogP contribution is 2.30. The predicted molar refractivity (Wildman–Crippen MR) is 122 cm³/mol. The predicted octanol–water partition coefficient (Wildman–Crippen LogP) is 5.94. The van der Waals surface area contributed by atoms with Crippen LogP contribution >= 0.6 is 11.8 Å². The van der Waals surface area contributed by atoms with Crippen molar-refractivity contribution in [2.75, 3.05) is 5.32 Å². The lowest BCUT2D eigenvalue weighted by molar-refractivity contribution is -0.115. The van der Waals surface area contributed by atoms with Crippen molar-refractivity contribution in [1.29, 1.82) is 0 Å². The number of para-hydroxylation sites is 1. The summed E-state index contributed by atoms with van der Waals surface area (Å²) in [5.41, 5.74) is 5.13. The van der Waals surface area contributed by atoms with Gasteiger partial charge in [-0.25, -0.2) is 4.98 Å². The lowest BCUT2D eigenvalue weighted by atomic mass is 10.0. The third-order valence-corrected chi connectivity index (χ3v) is 5.98. The molecule has 0 fully saturated rings. The summed E-state index contributed by atoms with van der Waals surface area (Å²) in [5.74, 6) is 0.497. The molecule has 4 nitrogen and oxygen atoms in total. The fourth-order valence-corrected chi connectivity index (χ4v) is 4.21. The number of aryl methyl sites for hydroxylation is 1. The number of imidazole rings is 1. The normalized spacial score (nSPS) is 12.2. The quantitative estimate of drug-likeness (QED) is 0.493. The van der Waals surface area contributed by atoms with E-state index in [0.29, 0.717) is 5.92 Å². The second kappa shape index (κ2) is 9.31. The molecule has 1 amide bonds. The summed E-state index contributed by atoms with van der Waals surface area (Å²) in [5, 5.41) is 3.77. The van der Waals surface area contributed by atoms with E-state index in [1.54, 1.807) is 0 Å². The van der Waals surface area contributed by atoms with E-state index in [9.17, 15) is 4.79 Å². The van der Waals surface area contributed by atoms with Crippen molar-refractivity contribution in [2.24, 2.45) is 5.92 Å². The van der Waals surface area contributed by atoms with E-state index in [-0.39, 0.29) is 11.2 Å². The molecule has 0 radical (unpaired) electrons. The lowest BCUT2D eigenvalue weighted by Crippen LogP contribution is -2.23. The van der Waals surface area contributed by atoms with Gasteiger partial charge >= 0.3 is 0 Å². The summed E-state index contributed by atoms with van der Waals surface area (Å²) in [4.78, 5) is 17.7. The van der Waals surface area contributed by atoms with E-state index < -0.39 is 0 Å². The number of hydrogen-bond acceptors (Lipinski definition) is 3. The van der Waals surface area contributed by atoms with Gasteiger partial charge in [0.25, 0.3) is 0 Å². The molecule has 1 atom stereocenters. The van der Waals surface area contributed by atoms with E-state index in [1.165, 1.54) is 17.5 Å². The Morgan fingerprint density at radius 1 is 1.03 bits per heavy atom. The average molecular weight is 408 g/mol. The number of nitrogens with one attached hydrogen (secondary N) is 1. The van der Waals surface area contributed by atoms with Gasteiger partial charge in [0.2, 0.25) is 5.91 Å². The van der Waals surface area contributed by atoms with Crippen molar-refractivity contribution in [3.8, 4) is 11.1 Å². The van der Waals surface area contributed by atoms with Crippen LogP contribution < -0.4 is 5.32 Å². The van der Waals surface area contributed by atoms with Gasteiger partial charge in [0.05, 0.1) is 10.9 Å². The molecule has 152 valence electrons. The topological polar surface area (TPSA) is 46.9 Å². The van der Waals surface area contributed by atoms with Crippen LogP contribution in [0.5, 0.6) is 0 Å². The van der Waals surface area contributed by atoms with Gasteiger partial charge in [0, 0.05) is 23.5 Å². The number of nitrogens with zero attached hydrogens (tertiary/aromatic N) is 2. The maximum absolute atomic E-state index is 13.0. The minimum Gasteiger partial charge on any atom is -0.325 e. The largest absolute Gasteiger partial charge is 0.325 e. The summed E-state index contributed by atoms with van der Waals surface area (Å²) < 4.78 is 2.23. The second-order valence-corrected chi connectivity index (χ2v) is 9.04. The van der Waals surface area contributed by atoms with Crippen molar-refractivity contribution in [3.05, 3.63) is 66.0 Å². The maximum atomic E-state index is 13.0. The monoisotopic (exact) mass is 407 g/mol. The highest BCUT2D eigenvalue weighted by atomic mass is 32.2. The highest BCUT2D eigenvalue weighted by molar-refractivity contribution is 8.00. The van der Waals surface area contributed by atoms with Gasteiger partial charge in [0.15, 0.2) is 5.16 Å². The van der Waals surface area contributed by atoms with Crippen molar-refractivity contribution in [2.45, 2.75) is 51.6 Å². The fourth-order valence-electron chi connectivity index (χ4n) is 3.20. The van der Waals surface area contributed by atoms with Crippen LogP contribution in [0.4, 0.5) is 5.69 Å². The highest BCUT2D eigenvalue weighted by Gasteiger charge is 2.21. The first-order chi connectivity index (χ1) is 13.9. The molecule has 0 aliphatic heterocycles. The first kappa shape index (κ1) is 21.2. The molecule has 0 saturated carbocycles. The third kappa shape index (κ3) is 5.10. The van der Waals surface area contributed by atoms with Gasteiger partial charge < -0.3 is 9.88 Å². The summed E-state index contributed by atoms with van der Waals surface area (Å²) in [6.07, 6.45) is 0. The molecule has 0 bridgehead atoms. The van der Waals surface area contributed by atoms with Gasteiger partial charge in [-0.2, -0.15) is 0 Å². The van der Waals surface area contributed by atoms with Crippen LogP contribution in [0.3, 0.4) is 0 Å². The number of hydrogen-bond donors (Lipinski definition) is 1. The molecule has 1 heterocycles. The summed E-state index contributed by atoms with van der Waals surface area (Å²) in [6, 6.07) is 18.0. The van der Waals surface area contributed by atoms with Crippen molar-refractivity contribution in [1.82, 2.24) is 9.55 Å². The van der Waals surface area contributed by atoms with Crippen LogP contribution in [0.1, 0.15) is 32.2 Å². The zero-order valence-corrected chi connectivity index (χ0v) is 18.6. The van der Waals surface area contributed by atoms with Gasteiger partial charge in [-0.15, -0.1) is 0 Å². The van der Waals surface area contributed by atoms with Crippen LogP contribution in [0.15, 0.2) is 59.8 Å². The molecule has 3 aromatic rings. The Bertz CT molecular complexity index is 979. The first-order valence-corrected chi connectivity index (χ1v) is 10.9. The smallest absolute Gasteiger partial charge is 0.237 e. The molecule has 0 aliphatic carbocycles. The zero-order chi connectivity index (χ0) is 21.0. The number of amides is 1. The summed E-state index contributed by atoms with van der Waals surface area (Å²) in [7, 11) is 0. The molecule has 1 N–H and O–H groups in total. The number of carbonyl (C=O) groups excluding carboxylic acids is 1. The maximum Gasteiger partial charge on any atom is 0.237 e. The molecule has 29 heavy (non-hydrogen) atoms. The molecule has 0 unspecified atom stereocenters. The lowest BCUT2D eigenvalue weighted by Gasteiger charge is -2.16. The zero-order valence-electron chi connectivity index (χ0n) is 17.8. The molecule has 0 saturated heterocycles. The molecular weight excluding hydrogens is 378 g/mol. The average Bonchev–Trinajstić information content (AvgIpc) is 2.96. The summed E-state index contributed by atoms with van der Waals surface area (Å²) >= 11 is 1.52. The number of aromatic nitrogens is 2. The minimum absolute atomic E-state index is 0.0206. The minimum atomic E-state index is -0.258. The number of carbonyl (C=O) groups is 1. The van der Waals surface area contributed by atoms with Crippen LogP contribution in [-0.4, -0.2) is 20.7 Å². The Morgan fingerprint density at radius 2 is 1.69 bits per heavy atom. The Kier molecular flexibility index (Phi) is 6.80. The van der Waals surface area contributed by atoms with Gasteiger partial charge in [-0.1, -0.05) is 74.1 Å². The fraction of sp³-hybridized carbons (Fsp3) is 0.333. The standard InChI is InChI=1S/C24H29N3OS/c1-16(2)15-27-18(4)17(3)25-24(27)29-19(5)23(28)26-22-14-10-9-13-21(22)20-11-7-6-8-12-20/h6-14,16,19H,15H2,1-5H3,(H,26,28)/t19-/m0/s1. The van der Waals surface area contributed by atoms with Gasteiger partial charge in [-0.05, 0) is 38.3 Å². The summed E-state index contributed by atoms with van der Waals surface area (Å²) in [6.45, 7) is 11.3. The van der Waals surface area contributed by atoms with Crippen LogP contribution in [0.25, 0.3) is 11.1 Å². The van der Waals surface area contributed by atoms with E-state index in [0.717, 1.165) is 34.2 Å². The van der Waals surface area contributed by atoms with Crippen molar-refractivity contribution >= 4 is 23.4 Å². The van der Waals surface area contributed by atoms with Crippen LogP contribution in [0.2, 0.25) is 0 Å². The number of rotatable bonds is 7. The van der Waals surface area contributed by atoms with Gasteiger partial charge in [0.1, 0.15) is 0 Å². The molecular formula is C24H29N3OS. The van der Waals surface area contributed by atoms with E-state index in [4.69, 9.17) is 4.98 Å². The molecule has 5 heteroatoms. The van der Waals surface area contributed by atoms with Crippen molar-refractivity contribution < 1.29 is 4.79 Å². The number of benzene rings is 2. The Labute approximate surface area is 177 Å². The SMILES string of the molecule is Cc1nc(S[C@@H](C)C(=O)Nc2ccccc2-c2ccccc2)n(CC(C)C)c1C. The van der Waals surface area contributed by atoms with E-state index in [1.807, 2.05) is 56.3 Å². The first-order valence-electron chi connectivity index (χ1n) is 10.0. The van der Waals surface area contributed by atoms with Gasteiger partial charge in [-0.3, -0.25) is 4.79 Å². The Balaban J connectivity index is 1.77. The molecule has 0 spiro atoms. The van der Waals surface area contributed by atoms with E-state index >= 15 is 0 Å². The Hall–Kier alpha value is -2.53.